The van der Waals surface area contributed by atoms with Gasteiger partial charge in [0.15, 0.2) is 0 Å². The van der Waals surface area contributed by atoms with Crippen molar-refractivity contribution in [2.75, 3.05) is 19.6 Å². The number of carbonyl (C=O) groups excluding carboxylic acids is 2. The number of hydrogen-bond acceptors (Lipinski definition) is 4. The van der Waals surface area contributed by atoms with Crippen LogP contribution in [0.25, 0.3) is 0 Å². The zero-order chi connectivity index (χ0) is 24.8. The number of aromatic nitrogens is 1. The molecule has 2 N–H and O–H groups in total. The van der Waals surface area contributed by atoms with Crippen LogP contribution in [-0.4, -0.2) is 47.0 Å². The highest BCUT2D eigenvalue weighted by Crippen LogP contribution is 2.29. The van der Waals surface area contributed by atoms with E-state index in [1.165, 1.54) is 5.56 Å². The Morgan fingerprint density at radius 3 is 2.37 bits per heavy atom. The quantitative estimate of drug-likeness (QED) is 0.575. The van der Waals surface area contributed by atoms with Gasteiger partial charge in [-0.2, -0.15) is 0 Å². The van der Waals surface area contributed by atoms with E-state index in [1.807, 2.05) is 22.8 Å². The van der Waals surface area contributed by atoms with Gasteiger partial charge in [-0.3, -0.25) is 19.3 Å². The molecule has 2 amide bonds. The minimum atomic E-state index is -0.488. The van der Waals surface area contributed by atoms with Crippen LogP contribution in [-0.2, 0) is 6.54 Å². The van der Waals surface area contributed by atoms with E-state index in [2.05, 4.69) is 41.5 Å². The second-order valence-corrected chi connectivity index (χ2v) is 10.4. The monoisotopic (exact) mass is 478 g/mol. The topological polar surface area (TPSA) is 83.4 Å². The maximum absolute atomic E-state index is 13.3. The number of rotatable bonds is 9. The summed E-state index contributed by atoms with van der Waals surface area (Å²) in [5, 5.41) is 5.93. The average Bonchev–Trinajstić information content (AvgIpc) is 3.52. The molecule has 188 valence electrons. The third-order valence-corrected chi connectivity index (χ3v) is 7.15. The Morgan fingerprint density at radius 1 is 1.00 bits per heavy atom. The molecule has 2 heterocycles. The van der Waals surface area contributed by atoms with E-state index in [1.54, 1.807) is 12.4 Å². The van der Waals surface area contributed by atoms with Crippen molar-refractivity contribution in [3.8, 4) is 0 Å². The predicted octanol–water partition coefficient (Wildman–Crippen LogP) is 3.74. The molecule has 0 radical (unpaired) electrons. The molecule has 0 bridgehead atoms. The minimum Gasteiger partial charge on any atom is -0.352 e. The van der Waals surface area contributed by atoms with Crippen LogP contribution < -0.4 is 16.1 Å². The van der Waals surface area contributed by atoms with E-state index < -0.39 is 11.3 Å². The number of amides is 2. The second-order valence-electron chi connectivity index (χ2n) is 10.4. The minimum absolute atomic E-state index is 0.0194. The lowest BCUT2D eigenvalue weighted by Crippen LogP contribution is -2.41. The van der Waals surface area contributed by atoms with Gasteiger partial charge in [-0.15, -0.1) is 0 Å². The molecule has 1 aliphatic carbocycles. The van der Waals surface area contributed by atoms with Crippen LogP contribution in [0, 0.1) is 5.92 Å². The van der Waals surface area contributed by atoms with Gasteiger partial charge in [-0.1, -0.05) is 57.0 Å². The summed E-state index contributed by atoms with van der Waals surface area (Å²) in [6, 6.07) is 10.5. The summed E-state index contributed by atoms with van der Waals surface area (Å²) in [6.07, 6.45) is 9.22. The van der Waals surface area contributed by atoms with Crippen LogP contribution >= 0.6 is 0 Å². The van der Waals surface area contributed by atoms with Gasteiger partial charge in [0.05, 0.1) is 0 Å². The molecule has 1 aliphatic heterocycles. The molecular weight excluding hydrogens is 440 g/mol. The van der Waals surface area contributed by atoms with E-state index in [9.17, 15) is 14.4 Å². The van der Waals surface area contributed by atoms with Crippen molar-refractivity contribution >= 4 is 11.8 Å². The second kappa shape index (κ2) is 11.7. The first kappa shape index (κ1) is 25.2. The van der Waals surface area contributed by atoms with Gasteiger partial charge in [0.1, 0.15) is 11.1 Å². The third kappa shape index (κ3) is 6.60. The molecular formula is C28H38N4O3. The zero-order valence-corrected chi connectivity index (χ0v) is 21.0. The van der Waals surface area contributed by atoms with E-state index in [4.69, 9.17) is 0 Å². The van der Waals surface area contributed by atoms with Gasteiger partial charge in [-0.05, 0) is 37.2 Å². The molecule has 2 aromatic rings. The largest absolute Gasteiger partial charge is 0.352 e. The smallest absolute Gasteiger partial charge is 0.257 e. The maximum atomic E-state index is 13.3. The van der Waals surface area contributed by atoms with Crippen molar-refractivity contribution in [1.29, 1.82) is 0 Å². The zero-order valence-electron chi connectivity index (χ0n) is 21.0. The first-order valence-corrected chi connectivity index (χ1v) is 13.0. The molecule has 1 saturated heterocycles. The molecule has 1 unspecified atom stereocenters. The number of hydrogen-bond donors (Lipinski definition) is 2. The molecule has 1 saturated carbocycles. The summed E-state index contributed by atoms with van der Waals surface area (Å²) in [6.45, 7) is 7.17. The lowest BCUT2D eigenvalue weighted by Gasteiger charge is -2.19. The van der Waals surface area contributed by atoms with Gasteiger partial charge in [0.25, 0.3) is 11.8 Å². The molecule has 7 heteroatoms. The fourth-order valence-corrected chi connectivity index (χ4v) is 5.10. The van der Waals surface area contributed by atoms with E-state index in [0.29, 0.717) is 12.5 Å². The van der Waals surface area contributed by atoms with Crippen LogP contribution in [0.5, 0.6) is 0 Å². The van der Waals surface area contributed by atoms with Gasteiger partial charge in [0.2, 0.25) is 5.43 Å². The highest BCUT2D eigenvalue weighted by molar-refractivity contribution is 5.99. The summed E-state index contributed by atoms with van der Waals surface area (Å²) < 4.78 is 1.93. The molecule has 2 fully saturated rings. The Labute approximate surface area is 207 Å². The average molecular weight is 479 g/mol. The molecule has 4 rings (SSSR count). The lowest BCUT2D eigenvalue weighted by atomic mass is 10.1. The van der Waals surface area contributed by atoms with Crippen LogP contribution in [0.2, 0.25) is 0 Å². The van der Waals surface area contributed by atoms with Gasteiger partial charge in [-0.25, -0.2) is 0 Å². The summed E-state index contributed by atoms with van der Waals surface area (Å²) in [4.78, 5) is 41.7. The maximum Gasteiger partial charge on any atom is 0.257 e. The molecule has 2 aliphatic rings. The molecule has 35 heavy (non-hydrogen) atoms. The number of nitrogens with one attached hydrogen (secondary N) is 2. The van der Waals surface area contributed by atoms with Crippen LogP contribution in [0.15, 0.2) is 47.5 Å². The van der Waals surface area contributed by atoms with Crippen molar-refractivity contribution in [2.24, 2.45) is 5.92 Å². The van der Waals surface area contributed by atoms with Crippen molar-refractivity contribution in [1.82, 2.24) is 20.1 Å². The fraction of sp³-hybridized carbons (Fsp3) is 0.536. The van der Waals surface area contributed by atoms with Crippen LogP contribution in [0.3, 0.4) is 0 Å². The Kier molecular flexibility index (Phi) is 8.39. The number of nitrogens with zero attached hydrogens (tertiary/aromatic N) is 2. The van der Waals surface area contributed by atoms with E-state index in [-0.39, 0.29) is 29.1 Å². The van der Waals surface area contributed by atoms with E-state index in [0.717, 1.165) is 58.2 Å². The summed E-state index contributed by atoms with van der Waals surface area (Å²) in [7, 11) is 0. The first-order chi connectivity index (χ1) is 16.9. The van der Waals surface area contributed by atoms with Crippen LogP contribution in [0.1, 0.15) is 84.7 Å². The van der Waals surface area contributed by atoms with Crippen molar-refractivity contribution < 1.29 is 9.59 Å². The third-order valence-electron chi connectivity index (χ3n) is 7.15. The number of likely N-dealkylation sites (tertiary alicyclic amines) is 1. The first-order valence-electron chi connectivity index (χ1n) is 13.0. The summed E-state index contributed by atoms with van der Waals surface area (Å²) in [5.74, 6) is -0.326. The number of pyridine rings is 1. The van der Waals surface area contributed by atoms with Crippen molar-refractivity contribution in [3.05, 3.63) is 69.6 Å². The summed E-state index contributed by atoms with van der Waals surface area (Å²) in [5.41, 5.74) is 0.883. The highest BCUT2D eigenvalue weighted by atomic mass is 16.2. The Bertz CT molecular complexity index is 1070. The highest BCUT2D eigenvalue weighted by Gasteiger charge is 2.27. The predicted molar refractivity (Wildman–Crippen MR) is 138 cm³/mol. The lowest BCUT2D eigenvalue weighted by molar-refractivity contribution is 0.0935. The molecule has 1 aromatic heterocycles. The molecule has 0 spiro atoms. The number of carbonyl (C=O) groups is 2. The molecule has 1 aromatic carbocycles. The Balaban J connectivity index is 1.48. The summed E-state index contributed by atoms with van der Waals surface area (Å²) >= 11 is 0. The van der Waals surface area contributed by atoms with Crippen molar-refractivity contribution in [2.45, 2.75) is 71.0 Å². The number of benzene rings is 1. The normalized spacial score (nSPS) is 18.8. The van der Waals surface area contributed by atoms with Gasteiger partial charge >= 0.3 is 0 Å². The van der Waals surface area contributed by atoms with Gasteiger partial charge < -0.3 is 15.2 Å². The van der Waals surface area contributed by atoms with Crippen molar-refractivity contribution in [3.63, 3.8) is 0 Å². The Hall–Kier alpha value is -2.93. The van der Waals surface area contributed by atoms with E-state index >= 15 is 0 Å². The molecule has 7 nitrogen and oxygen atoms in total. The standard InChI is InChI=1S/C28H38N4O3/c1-20(2)12-14-29-27(34)24-18-32(23-10-6-7-11-23)19-25(26(24)33)28(35)30-22-13-15-31(17-22)16-21-8-4-3-5-9-21/h3-5,8-9,18-20,22-23H,6-7,10-17H2,1-2H3,(H,29,34)(H,30,35). The SMILES string of the molecule is CC(C)CCNC(=O)c1cn(C2CCCC2)cc(C(=O)NC2CCN(Cc3ccccc3)C2)c1=O. The van der Waals surface area contributed by atoms with Gasteiger partial charge in [0, 0.05) is 50.7 Å². The fourth-order valence-electron chi connectivity index (χ4n) is 5.10. The molecule has 1 atom stereocenters. The van der Waals surface area contributed by atoms with Crippen LogP contribution in [0.4, 0.5) is 0 Å². The Morgan fingerprint density at radius 2 is 1.69 bits per heavy atom.